The largest absolute Gasteiger partial charge is 0.494 e. The van der Waals surface area contributed by atoms with Crippen LogP contribution in [0.3, 0.4) is 0 Å². The highest BCUT2D eigenvalue weighted by atomic mass is 32.2. The highest BCUT2D eigenvalue weighted by Crippen LogP contribution is 2.21. The van der Waals surface area contributed by atoms with Gasteiger partial charge in [0.15, 0.2) is 9.84 Å². The van der Waals surface area contributed by atoms with Crippen molar-refractivity contribution < 1.29 is 17.9 Å². The van der Waals surface area contributed by atoms with E-state index in [2.05, 4.69) is 0 Å². The van der Waals surface area contributed by atoms with Crippen LogP contribution in [0.4, 0.5) is 0 Å². The Morgan fingerprint density at radius 1 is 1.26 bits per heavy atom. The zero-order valence-corrected chi connectivity index (χ0v) is 12.0. The van der Waals surface area contributed by atoms with Crippen LogP contribution in [0.5, 0.6) is 5.75 Å². The summed E-state index contributed by atoms with van der Waals surface area (Å²) in [7, 11) is -3.27. The number of benzene rings is 1. The molecular weight excluding hydrogens is 264 g/mol. The third kappa shape index (κ3) is 3.94. The summed E-state index contributed by atoms with van der Waals surface area (Å²) < 4.78 is 35.3. The van der Waals surface area contributed by atoms with Crippen LogP contribution >= 0.6 is 0 Å². The zero-order valence-electron chi connectivity index (χ0n) is 11.2. The molecule has 0 N–H and O–H groups in total. The van der Waals surface area contributed by atoms with E-state index in [1.54, 1.807) is 24.3 Å². The molecule has 0 aromatic heterocycles. The minimum atomic E-state index is -3.27. The molecule has 1 fully saturated rings. The van der Waals surface area contributed by atoms with Gasteiger partial charge < -0.3 is 9.47 Å². The van der Waals surface area contributed by atoms with Gasteiger partial charge in [-0.05, 0) is 50.5 Å². The molecule has 0 bridgehead atoms. The van der Waals surface area contributed by atoms with Crippen LogP contribution in [0.2, 0.25) is 0 Å². The van der Waals surface area contributed by atoms with Crippen molar-refractivity contribution in [3.8, 4) is 5.75 Å². The van der Waals surface area contributed by atoms with Crippen LogP contribution in [0.1, 0.15) is 26.2 Å². The summed E-state index contributed by atoms with van der Waals surface area (Å²) in [6, 6.07) is 6.59. The lowest BCUT2D eigenvalue weighted by Gasteiger charge is -2.22. The number of rotatable bonds is 5. The van der Waals surface area contributed by atoms with Gasteiger partial charge in [0.1, 0.15) is 5.75 Å². The summed E-state index contributed by atoms with van der Waals surface area (Å²) >= 11 is 0. The molecule has 1 aliphatic rings. The van der Waals surface area contributed by atoms with Gasteiger partial charge in [-0.15, -0.1) is 0 Å². The van der Waals surface area contributed by atoms with Gasteiger partial charge >= 0.3 is 0 Å². The quantitative estimate of drug-likeness (QED) is 0.833. The van der Waals surface area contributed by atoms with E-state index in [0.717, 1.165) is 19.3 Å². The minimum Gasteiger partial charge on any atom is -0.494 e. The minimum absolute atomic E-state index is 0.0704. The molecule has 2 rings (SSSR count). The number of hydrogen-bond acceptors (Lipinski definition) is 4. The third-order valence-electron chi connectivity index (χ3n) is 3.17. The maximum atomic E-state index is 12.2. The SMILES string of the molecule is CCOc1ccc(S(=O)(=O)CC2CCCCO2)cc1. The lowest BCUT2D eigenvalue weighted by Crippen LogP contribution is -2.27. The summed E-state index contributed by atoms with van der Waals surface area (Å²) in [5, 5.41) is 0. The molecule has 1 aliphatic heterocycles. The van der Waals surface area contributed by atoms with Gasteiger partial charge in [0.2, 0.25) is 0 Å². The van der Waals surface area contributed by atoms with E-state index in [9.17, 15) is 8.42 Å². The van der Waals surface area contributed by atoms with Crippen molar-refractivity contribution in [2.75, 3.05) is 19.0 Å². The third-order valence-corrected chi connectivity index (χ3v) is 4.97. The van der Waals surface area contributed by atoms with Crippen LogP contribution in [0.15, 0.2) is 29.2 Å². The van der Waals surface area contributed by atoms with Crippen LogP contribution < -0.4 is 4.74 Å². The van der Waals surface area contributed by atoms with Crippen molar-refractivity contribution >= 4 is 9.84 Å². The second kappa shape index (κ2) is 6.39. The van der Waals surface area contributed by atoms with E-state index in [4.69, 9.17) is 9.47 Å². The molecule has 1 heterocycles. The molecule has 5 heteroatoms. The van der Waals surface area contributed by atoms with Crippen molar-refractivity contribution in [2.24, 2.45) is 0 Å². The van der Waals surface area contributed by atoms with E-state index < -0.39 is 9.84 Å². The maximum absolute atomic E-state index is 12.2. The standard InChI is InChI=1S/C14H20O4S/c1-2-17-12-6-8-14(9-7-12)19(15,16)11-13-5-3-4-10-18-13/h6-9,13H,2-5,10-11H2,1H3. The van der Waals surface area contributed by atoms with Crippen LogP contribution in [0.25, 0.3) is 0 Å². The predicted molar refractivity (Wildman–Crippen MR) is 73.3 cm³/mol. The van der Waals surface area contributed by atoms with Crippen LogP contribution in [0, 0.1) is 0 Å². The van der Waals surface area contributed by atoms with Gasteiger partial charge in [0, 0.05) is 6.61 Å². The first-order valence-electron chi connectivity index (χ1n) is 6.69. The Kier molecular flexibility index (Phi) is 4.82. The Morgan fingerprint density at radius 2 is 2.00 bits per heavy atom. The molecule has 0 saturated carbocycles. The van der Waals surface area contributed by atoms with Crippen molar-refractivity contribution in [2.45, 2.75) is 37.2 Å². The highest BCUT2D eigenvalue weighted by Gasteiger charge is 2.23. The molecule has 4 nitrogen and oxygen atoms in total. The van der Waals surface area contributed by atoms with E-state index in [-0.39, 0.29) is 11.9 Å². The summed E-state index contributed by atoms with van der Waals surface area (Å²) in [6.45, 7) is 3.14. The monoisotopic (exact) mass is 284 g/mol. The van der Waals surface area contributed by atoms with Gasteiger partial charge in [-0.25, -0.2) is 8.42 Å². The summed E-state index contributed by atoms with van der Waals surface area (Å²) in [4.78, 5) is 0.338. The van der Waals surface area contributed by atoms with Gasteiger partial charge in [0.05, 0.1) is 23.4 Å². The average molecular weight is 284 g/mol. The second-order valence-corrected chi connectivity index (χ2v) is 6.71. The Morgan fingerprint density at radius 3 is 2.58 bits per heavy atom. The summed E-state index contributed by atoms with van der Waals surface area (Å²) in [5.41, 5.74) is 0. The maximum Gasteiger partial charge on any atom is 0.180 e. The van der Waals surface area contributed by atoms with Crippen LogP contribution in [-0.2, 0) is 14.6 Å². The fourth-order valence-electron chi connectivity index (χ4n) is 2.19. The van der Waals surface area contributed by atoms with Crippen molar-refractivity contribution in [3.05, 3.63) is 24.3 Å². The Bertz CT molecular complexity index is 487. The number of hydrogen-bond donors (Lipinski definition) is 0. The molecule has 1 aromatic carbocycles. The first-order valence-corrected chi connectivity index (χ1v) is 8.34. The Balaban J connectivity index is 2.05. The lowest BCUT2D eigenvalue weighted by atomic mass is 10.1. The van der Waals surface area contributed by atoms with Crippen molar-refractivity contribution in [1.82, 2.24) is 0 Å². The van der Waals surface area contributed by atoms with Gasteiger partial charge in [0.25, 0.3) is 0 Å². The lowest BCUT2D eigenvalue weighted by molar-refractivity contribution is 0.0305. The average Bonchev–Trinajstić information content (AvgIpc) is 2.40. The molecule has 0 aliphatic carbocycles. The molecule has 1 unspecified atom stereocenters. The molecule has 106 valence electrons. The predicted octanol–water partition coefficient (Wildman–Crippen LogP) is 2.43. The van der Waals surface area contributed by atoms with E-state index in [1.807, 2.05) is 6.92 Å². The topological polar surface area (TPSA) is 52.6 Å². The fraction of sp³-hybridized carbons (Fsp3) is 0.571. The zero-order chi connectivity index (χ0) is 13.7. The molecule has 0 radical (unpaired) electrons. The first kappa shape index (κ1) is 14.3. The van der Waals surface area contributed by atoms with Crippen LogP contribution in [-0.4, -0.2) is 33.5 Å². The first-order chi connectivity index (χ1) is 9.12. The van der Waals surface area contributed by atoms with E-state index in [1.165, 1.54) is 0 Å². The smallest absolute Gasteiger partial charge is 0.180 e. The number of sulfone groups is 1. The highest BCUT2D eigenvalue weighted by molar-refractivity contribution is 7.91. The summed E-state index contributed by atoms with van der Waals surface area (Å²) in [6.07, 6.45) is 2.74. The molecule has 1 saturated heterocycles. The molecule has 1 aromatic rings. The second-order valence-electron chi connectivity index (χ2n) is 4.67. The normalized spacial score (nSPS) is 20.2. The number of ether oxygens (including phenoxy) is 2. The van der Waals surface area contributed by atoms with Crippen molar-refractivity contribution in [3.63, 3.8) is 0 Å². The van der Waals surface area contributed by atoms with E-state index >= 15 is 0 Å². The fourth-order valence-corrected chi connectivity index (χ4v) is 3.69. The van der Waals surface area contributed by atoms with Crippen molar-refractivity contribution in [1.29, 1.82) is 0 Å². The van der Waals surface area contributed by atoms with Gasteiger partial charge in [-0.2, -0.15) is 0 Å². The molecule has 0 spiro atoms. The molecular formula is C14H20O4S. The van der Waals surface area contributed by atoms with Gasteiger partial charge in [-0.1, -0.05) is 0 Å². The Labute approximate surface area is 114 Å². The molecule has 0 amide bonds. The molecule has 1 atom stereocenters. The van der Waals surface area contributed by atoms with Gasteiger partial charge in [-0.3, -0.25) is 0 Å². The Hall–Kier alpha value is -1.07. The van der Waals surface area contributed by atoms with E-state index in [0.29, 0.717) is 23.9 Å². The summed E-state index contributed by atoms with van der Waals surface area (Å²) in [5.74, 6) is 0.761. The molecule has 19 heavy (non-hydrogen) atoms.